The number of benzene rings is 1. The first kappa shape index (κ1) is 14.4. The maximum absolute atomic E-state index is 12.1. The van der Waals surface area contributed by atoms with Gasteiger partial charge in [-0.25, -0.2) is 14.3 Å². The zero-order valence-corrected chi connectivity index (χ0v) is 11.4. The molecule has 108 valence electrons. The maximum Gasteiger partial charge on any atom is 0.360 e. The molecule has 2 aromatic rings. The highest BCUT2D eigenvalue weighted by atomic mass is 16.5. The smallest absolute Gasteiger partial charge is 0.360 e. The molecule has 0 saturated heterocycles. The van der Waals surface area contributed by atoms with Crippen LogP contribution in [-0.4, -0.2) is 33.9 Å². The van der Waals surface area contributed by atoms with Gasteiger partial charge in [0.25, 0.3) is 0 Å². The van der Waals surface area contributed by atoms with Crippen molar-refractivity contribution >= 4 is 11.9 Å². The Bertz CT molecular complexity index is 765. The zero-order valence-electron chi connectivity index (χ0n) is 11.4. The van der Waals surface area contributed by atoms with Crippen molar-refractivity contribution in [2.24, 2.45) is 0 Å². The quantitative estimate of drug-likeness (QED) is 0.847. The monoisotopic (exact) mass is 288 g/mol. The number of hydrogen-bond donors (Lipinski definition) is 1. The number of carbonyl (C=O) groups excluding carboxylic acids is 1. The number of hydrogen-bond acceptors (Lipinski definition) is 5. The molecule has 0 amide bonds. The molecule has 1 heterocycles. The van der Waals surface area contributed by atoms with E-state index in [9.17, 15) is 14.4 Å². The largest absolute Gasteiger partial charge is 0.476 e. The molecule has 21 heavy (non-hydrogen) atoms. The number of esters is 1. The second kappa shape index (κ2) is 5.58. The predicted molar refractivity (Wildman–Crippen MR) is 72.9 cm³/mol. The van der Waals surface area contributed by atoms with Crippen LogP contribution in [0.1, 0.15) is 26.5 Å². The summed E-state index contributed by atoms with van der Waals surface area (Å²) in [4.78, 5) is 35.0. The molecule has 0 aliphatic rings. The fourth-order valence-corrected chi connectivity index (χ4v) is 1.91. The van der Waals surface area contributed by atoms with E-state index in [1.165, 1.54) is 11.6 Å². The Morgan fingerprint density at radius 3 is 2.38 bits per heavy atom. The van der Waals surface area contributed by atoms with Gasteiger partial charge in [0.2, 0.25) is 11.1 Å². The number of aromatic carboxylic acids is 1. The fraction of sp³-hybridized carbons (Fsp3) is 0.143. The molecule has 0 spiro atoms. The summed E-state index contributed by atoms with van der Waals surface area (Å²) in [6.07, 6.45) is 0. The topological polar surface area (TPSA) is 98.5 Å². The van der Waals surface area contributed by atoms with Crippen LogP contribution in [0.4, 0.5) is 0 Å². The molecule has 7 heteroatoms. The summed E-state index contributed by atoms with van der Waals surface area (Å²) in [7, 11) is 1.12. The summed E-state index contributed by atoms with van der Waals surface area (Å²) in [5.41, 5.74) is -1.29. The van der Waals surface area contributed by atoms with Gasteiger partial charge < -0.3 is 9.84 Å². The van der Waals surface area contributed by atoms with E-state index in [-0.39, 0.29) is 11.3 Å². The van der Waals surface area contributed by atoms with Crippen molar-refractivity contribution in [1.29, 1.82) is 0 Å². The van der Waals surface area contributed by atoms with E-state index in [1.54, 1.807) is 30.3 Å². The van der Waals surface area contributed by atoms with Crippen molar-refractivity contribution < 1.29 is 19.4 Å². The number of rotatable bonds is 3. The van der Waals surface area contributed by atoms with Gasteiger partial charge in [-0.1, -0.05) is 18.2 Å². The number of methoxy groups -OCH3 is 1. The van der Waals surface area contributed by atoms with Crippen LogP contribution >= 0.6 is 0 Å². The van der Waals surface area contributed by atoms with E-state index >= 15 is 0 Å². The van der Waals surface area contributed by atoms with E-state index in [1.807, 2.05) is 0 Å². The molecule has 2 rings (SSSR count). The molecule has 0 atom stereocenters. The Kier molecular flexibility index (Phi) is 3.84. The van der Waals surface area contributed by atoms with Crippen molar-refractivity contribution in [2.75, 3.05) is 7.11 Å². The third kappa shape index (κ3) is 2.53. The van der Waals surface area contributed by atoms with E-state index < -0.39 is 23.1 Å². The Morgan fingerprint density at radius 1 is 1.24 bits per heavy atom. The Balaban J connectivity index is 2.84. The fourth-order valence-electron chi connectivity index (χ4n) is 1.91. The molecule has 1 aromatic heterocycles. The molecular formula is C14H12N2O5. The number of para-hydroxylation sites is 1. The summed E-state index contributed by atoms with van der Waals surface area (Å²) in [5.74, 6) is -2.40. The molecule has 0 aliphatic heterocycles. The standard InChI is InChI=1S/C14H12N2O5/c1-8-10(14(20)21-2)12(17)11(13(18)19)15-16(8)9-6-4-3-5-7-9/h3-7H,1-2H3,(H,18,19). The normalized spacial score (nSPS) is 10.2. The first-order valence-corrected chi connectivity index (χ1v) is 5.98. The molecule has 0 aliphatic carbocycles. The predicted octanol–water partition coefficient (Wildman–Crippen LogP) is 1.03. The van der Waals surface area contributed by atoms with Crippen LogP contribution in [0.15, 0.2) is 35.1 Å². The zero-order chi connectivity index (χ0) is 15.6. The highest BCUT2D eigenvalue weighted by molar-refractivity contribution is 5.94. The van der Waals surface area contributed by atoms with Crippen molar-refractivity contribution in [1.82, 2.24) is 9.78 Å². The lowest BCUT2D eigenvalue weighted by Crippen LogP contribution is -2.30. The summed E-state index contributed by atoms with van der Waals surface area (Å²) in [5, 5.41) is 12.9. The van der Waals surface area contributed by atoms with Crippen LogP contribution in [0.3, 0.4) is 0 Å². The van der Waals surface area contributed by atoms with Gasteiger partial charge in [0, 0.05) is 0 Å². The Morgan fingerprint density at radius 2 is 1.86 bits per heavy atom. The Hall–Kier alpha value is -2.96. The number of nitrogens with zero attached hydrogens (tertiary/aromatic N) is 2. The average Bonchev–Trinajstić information content (AvgIpc) is 2.47. The van der Waals surface area contributed by atoms with Gasteiger partial charge in [-0.3, -0.25) is 4.79 Å². The first-order chi connectivity index (χ1) is 9.97. The molecule has 1 N–H and O–H groups in total. The molecule has 0 unspecified atom stereocenters. The number of carboxylic acids is 1. The van der Waals surface area contributed by atoms with Crippen LogP contribution in [-0.2, 0) is 4.74 Å². The van der Waals surface area contributed by atoms with Gasteiger partial charge in [0.15, 0.2) is 0 Å². The molecule has 0 saturated carbocycles. The lowest BCUT2D eigenvalue weighted by atomic mass is 10.1. The molecule has 0 fully saturated rings. The second-order valence-electron chi connectivity index (χ2n) is 4.18. The first-order valence-electron chi connectivity index (χ1n) is 5.98. The summed E-state index contributed by atoms with van der Waals surface area (Å²) in [6, 6.07) is 8.59. The van der Waals surface area contributed by atoms with Crippen LogP contribution in [0.2, 0.25) is 0 Å². The molecule has 1 aromatic carbocycles. The summed E-state index contributed by atoms with van der Waals surface area (Å²) < 4.78 is 5.78. The van der Waals surface area contributed by atoms with Gasteiger partial charge in [-0.15, -0.1) is 0 Å². The minimum absolute atomic E-state index is 0.211. The number of carbonyl (C=O) groups is 2. The number of ether oxygens (including phenoxy) is 1. The summed E-state index contributed by atoms with van der Waals surface area (Å²) >= 11 is 0. The maximum atomic E-state index is 12.1. The minimum Gasteiger partial charge on any atom is -0.476 e. The summed E-state index contributed by atoms with van der Waals surface area (Å²) in [6.45, 7) is 1.50. The van der Waals surface area contributed by atoms with E-state index in [2.05, 4.69) is 9.84 Å². The average molecular weight is 288 g/mol. The lowest BCUT2D eigenvalue weighted by Gasteiger charge is -2.13. The Labute approximate surface area is 119 Å². The second-order valence-corrected chi connectivity index (χ2v) is 4.18. The van der Waals surface area contributed by atoms with E-state index in [0.29, 0.717) is 5.69 Å². The minimum atomic E-state index is -1.50. The van der Waals surface area contributed by atoms with E-state index in [0.717, 1.165) is 7.11 Å². The van der Waals surface area contributed by atoms with Crippen molar-refractivity contribution in [2.45, 2.75) is 6.92 Å². The number of aromatic nitrogens is 2. The van der Waals surface area contributed by atoms with Gasteiger partial charge in [0.1, 0.15) is 5.56 Å². The van der Waals surface area contributed by atoms with Gasteiger partial charge >= 0.3 is 11.9 Å². The van der Waals surface area contributed by atoms with Crippen LogP contribution in [0.5, 0.6) is 0 Å². The van der Waals surface area contributed by atoms with Crippen molar-refractivity contribution in [3.63, 3.8) is 0 Å². The molecule has 0 bridgehead atoms. The van der Waals surface area contributed by atoms with Gasteiger partial charge in [-0.2, -0.15) is 5.10 Å². The van der Waals surface area contributed by atoms with Crippen molar-refractivity contribution in [3.8, 4) is 5.69 Å². The van der Waals surface area contributed by atoms with Gasteiger partial charge in [-0.05, 0) is 19.1 Å². The highest BCUT2D eigenvalue weighted by Gasteiger charge is 2.24. The third-order valence-electron chi connectivity index (χ3n) is 2.91. The van der Waals surface area contributed by atoms with Crippen LogP contribution < -0.4 is 5.43 Å². The van der Waals surface area contributed by atoms with Crippen LogP contribution in [0, 0.1) is 6.92 Å². The molecule has 7 nitrogen and oxygen atoms in total. The highest BCUT2D eigenvalue weighted by Crippen LogP contribution is 2.12. The van der Waals surface area contributed by atoms with Crippen LogP contribution in [0.25, 0.3) is 5.69 Å². The lowest BCUT2D eigenvalue weighted by molar-refractivity contribution is 0.0597. The molecule has 0 radical (unpaired) electrons. The van der Waals surface area contributed by atoms with E-state index in [4.69, 9.17) is 5.11 Å². The third-order valence-corrected chi connectivity index (χ3v) is 2.91. The number of carboxylic acid groups (broad SMARTS) is 1. The molecular weight excluding hydrogens is 276 g/mol. The van der Waals surface area contributed by atoms with Crippen molar-refractivity contribution in [3.05, 3.63) is 57.5 Å². The SMILES string of the molecule is COC(=O)c1c(C)n(-c2ccccc2)nc(C(=O)O)c1=O. The van der Waals surface area contributed by atoms with Gasteiger partial charge in [0.05, 0.1) is 18.5 Å².